The van der Waals surface area contributed by atoms with Gasteiger partial charge in [0.15, 0.2) is 0 Å². The molecule has 1 aliphatic heterocycles. The fourth-order valence-electron chi connectivity index (χ4n) is 2.63. The molecule has 1 aliphatic rings. The molecule has 0 radical (unpaired) electrons. The Balaban J connectivity index is 1.54. The summed E-state index contributed by atoms with van der Waals surface area (Å²) in [6.45, 7) is 2.58. The molecule has 25 heavy (non-hydrogen) atoms. The number of nitrogens with one attached hydrogen (secondary N) is 3. The van der Waals surface area contributed by atoms with Gasteiger partial charge in [0.2, 0.25) is 0 Å². The molecule has 0 aliphatic carbocycles. The van der Waals surface area contributed by atoms with Gasteiger partial charge < -0.3 is 4.74 Å². The molecule has 2 aromatic rings. The van der Waals surface area contributed by atoms with Crippen LogP contribution in [0.3, 0.4) is 0 Å². The molecular formula is C18H21N5O2. The number of ether oxygens (including phenoxy) is 1. The topological polar surface area (TPSA) is 87.6 Å². The van der Waals surface area contributed by atoms with Gasteiger partial charge in [0.25, 0.3) is 5.91 Å². The number of hydrazine groups is 1. The van der Waals surface area contributed by atoms with Crippen LogP contribution in [0.5, 0.6) is 5.75 Å². The van der Waals surface area contributed by atoms with Gasteiger partial charge in [-0.3, -0.25) is 9.78 Å². The van der Waals surface area contributed by atoms with Gasteiger partial charge in [0.05, 0.1) is 18.5 Å². The SMILES string of the molecule is CCOc1cccc(C2CC(C(=O)N/N=C/c3ccccn3)NN2)c1. The van der Waals surface area contributed by atoms with Crippen LogP contribution in [0.4, 0.5) is 0 Å². The molecule has 7 heteroatoms. The number of carbonyl (C=O) groups excluding carboxylic acids is 1. The van der Waals surface area contributed by atoms with E-state index in [1.54, 1.807) is 6.20 Å². The molecule has 3 N–H and O–H groups in total. The first kappa shape index (κ1) is 17.1. The average molecular weight is 339 g/mol. The Morgan fingerprint density at radius 1 is 1.36 bits per heavy atom. The Morgan fingerprint density at radius 2 is 2.28 bits per heavy atom. The van der Waals surface area contributed by atoms with Crippen molar-refractivity contribution in [1.29, 1.82) is 0 Å². The number of hydrogen-bond donors (Lipinski definition) is 3. The van der Waals surface area contributed by atoms with E-state index in [0.717, 1.165) is 11.3 Å². The molecule has 1 amide bonds. The third-order valence-electron chi connectivity index (χ3n) is 3.85. The number of amides is 1. The quantitative estimate of drug-likeness (QED) is 0.549. The predicted octanol–water partition coefficient (Wildman–Crippen LogP) is 1.54. The second-order valence-electron chi connectivity index (χ2n) is 5.62. The Kier molecular flexibility index (Phi) is 5.71. The van der Waals surface area contributed by atoms with Gasteiger partial charge in [0.1, 0.15) is 11.8 Å². The van der Waals surface area contributed by atoms with Gasteiger partial charge in [-0.05, 0) is 43.2 Å². The Bertz CT molecular complexity index is 735. The van der Waals surface area contributed by atoms with Crippen molar-refractivity contribution in [1.82, 2.24) is 21.3 Å². The highest BCUT2D eigenvalue weighted by Gasteiger charge is 2.30. The lowest BCUT2D eigenvalue weighted by atomic mass is 10.0. The van der Waals surface area contributed by atoms with Crippen LogP contribution in [0.1, 0.15) is 30.6 Å². The molecule has 2 unspecified atom stereocenters. The van der Waals surface area contributed by atoms with Gasteiger partial charge in [-0.25, -0.2) is 16.3 Å². The van der Waals surface area contributed by atoms with Crippen molar-refractivity contribution in [2.24, 2.45) is 5.10 Å². The molecule has 7 nitrogen and oxygen atoms in total. The van der Waals surface area contributed by atoms with Crippen LogP contribution in [0, 0.1) is 0 Å². The zero-order valence-corrected chi connectivity index (χ0v) is 14.0. The molecule has 0 spiro atoms. The minimum Gasteiger partial charge on any atom is -0.494 e. The molecule has 0 saturated carbocycles. The molecule has 3 rings (SSSR count). The van der Waals surface area contributed by atoms with Crippen molar-refractivity contribution in [3.63, 3.8) is 0 Å². The maximum Gasteiger partial charge on any atom is 0.258 e. The van der Waals surface area contributed by atoms with Crippen molar-refractivity contribution >= 4 is 12.1 Å². The normalized spacial score (nSPS) is 19.9. The minimum atomic E-state index is -0.360. The summed E-state index contributed by atoms with van der Waals surface area (Å²) >= 11 is 0. The number of benzene rings is 1. The third kappa shape index (κ3) is 4.62. The van der Waals surface area contributed by atoms with E-state index in [9.17, 15) is 4.79 Å². The van der Waals surface area contributed by atoms with E-state index in [-0.39, 0.29) is 18.0 Å². The summed E-state index contributed by atoms with van der Waals surface area (Å²) in [5.41, 5.74) is 10.5. The molecule has 130 valence electrons. The second-order valence-corrected chi connectivity index (χ2v) is 5.62. The lowest BCUT2D eigenvalue weighted by molar-refractivity contribution is -0.122. The van der Waals surface area contributed by atoms with Crippen LogP contribution in [0.25, 0.3) is 0 Å². The molecule has 1 saturated heterocycles. The highest BCUT2D eigenvalue weighted by atomic mass is 16.5. The van der Waals surface area contributed by atoms with E-state index >= 15 is 0 Å². The van der Waals surface area contributed by atoms with E-state index < -0.39 is 0 Å². The number of nitrogens with zero attached hydrogens (tertiary/aromatic N) is 2. The van der Waals surface area contributed by atoms with Crippen molar-refractivity contribution in [3.8, 4) is 5.75 Å². The fraction of sp³-hybridized carbons (Fsp3) is 0.278. The van der Waals surface area contributed by atoms with Crippen LogP contribution in [-0.4, -0.2) is 29.8 Å². The zero-order valence-electron chi connectivity index (χ0n) is 14.0. The first-order chi connectivity index (χ1) is 12.3. The van der Waals surface area contributed by atoms with E-state index in [0.29, 0.717) is 18.7 Å². The summed E-state index contributed by atoms with van der Waals surface area (Å²) in [6.07, 6.45) is 3.82. The van der Waals surface area contributed by atoms with Crippen LogP contribution in [0.15, 0.2) is 53.8 Å². The molecule has 2 heterocycles. The van der Waals surface area contributed by atoms with Crippen LogP contribution in [0.2, 0.25) is 0 Å². The first-order valence-corrected chi connectivity index (χ1v) is 8.24. The van der Waals surface area contributed by atoms with Crippen LogP contribution < -0.4 is 21.0 Å². The van der Waals surface area contributed by atoms with Gasteiger partial charge in [-0.1, -0.05) is 18.2 Å². The fourth-order valence-corrected chi connectivity index (χ4v) is 2.63. The summed E-state index contributed by atoms with van der Waals surface area (Å²) in [7, 11) is 0. The monoisotopic (exact) mass is 339 g/mol. The molecule has 1 fully saturated rings. The van der Waals surface area contributed by atoms with E-state index in [4.69, 9.17) is 4.74 Å². The minimum absolute atomic E-state index is 0.0379. The van der Waals surface area contributed by atoms with Gasteiger partial charge in [0, 0.05) is 12.2 Å². The van der Waals surface area contributed by atoms with Gasteiger partial charge in [-0.2, -0.15) is 5.10 Å². The van der Waals surface area contributed by atoms with E-state index in [2.05, 4.69) is 26.4 Å². The Labute approximate surface area is 146 Å². The summed E-state index contributed by atoms with van der Waals surface area (Å²) < 4.78 is 5.52. The van der Waals surface area contributed by atoms with Crippen molar-refractivity contribution in [3.05, 3.63) is 59.9 Å². The third-order valence-corrected chi connectivity index (χ3v) is 3.85. The first-order valence-electron chi connectivity index (χ1n) is 8.24. The smallest absolute Gasteiger partial charge is 0.258 e. The summed E-state index contributed by atoms with van der Waals surface area (Å²) in [5, 5.41) is 3.95. The van der Waals surface area contributed by atoms with E-state index in [1.165, 1.54) is 6.21 Å². The average Bonchev–Trinajstić information content (AvgIpc) is 3.13. The number of pyridine rings is 1. The van der Waals surface area contributed by atoms with Gasteiger partial charge >= 0.3 is 0 Å². The summed E-state index contributed by atoms with van der Waals surface area (Å²) in [4.78, 5) is 16.3. The van der Waals surface area contributed by atoms with Crippen LogP contribution in [-0.2, 0) is 4.79 Å². The Hall–Kier alpha value is -2.77. The van der Waals surface area contributed by atoms with Crippen molar-refractivity contribution in [2.45, 2.75) is 25.4 Å². The van der Waals surface area contributed by atoms with Crippen molar-refractivity contribution in [2.75, 3.05) is 6.61 Å². The number of hydrogen-bond acceptors (Lipinski definition) is 6. The van der Waals surface area contributed by atoms with Crippen molar-refractivity contribution < 1.29 is 9.53 Å². The van der Waals surface area contributed by atoms with E-state index in [1.807, 2.05) is 49.4 Å². The largest absolute Gasteiger partial charge is 0.494 e. The molecular weight excluding hydrogens is 318 g/mol. The maximum atomic E-state index is 12.2. The summed E-state index contributed by atoms with van der Waals surface area (Å²) in [6, 6.07) is 13.1. The molecule has 1 aromatic heterocycles. The van der Waals surface area contributed by atoms with Crippen LogP contribution >= 0.6 is 0 Å². The predicted molar refractivity (Wildman–Crippen MR) is 95.0 cm³/mol. The maximum absolute atomic E-state index is 12.2. The highest BCUT2D eigenvalue weighted by molar-refractivity contribution is 5.84. The lowest BCUT2D eigenvalue weighted by Gasteiger charge is -2.11. The molecule has 2 atom stereocenters. The van der Waals surface area contributed by atoms with Gasteiger partial charge in [-0.15, -0.1) is 0 Å². The second kappa shape index (κ2) is 8.36. The number of carbonyl (C=O) groups is 1. The number of hydrazone groups is 1. The highest BCUT2D eigenvalue weighted by Crippen LogP contribution is 2.25. The number of rotatable bonds is 6. The zero-order chi connectivity index (χ0) is 17.5. The number of aromatic nitrogens is 1. The standard InChI is InChI=1S/C18H21N5O2/c1-2-25-15-8-5-6-13(10-15)16-11-17(22-21-16)18(24)23-20-12-14-7-3-4-9-19-14/h3-10,12,16-17,21-22H,2,11H2,1H3,(H,23,24)/b20-12+. The lowest BCUT2D eigenvalue weighted by Crippen LogP contribution is -2.41. The Morgan fingerprint density at radius 3 is 3.08 bits per heavy atom. The molecule has 1 aromatic carbocycles. The molecule has 0 bridgehead atoms. The summed E-state index contributed by atoms with van der Waals surface area (Å²) in [5.74, 6) is 0.637.